The molecule has 56 heavy (non-hydrogen) atoms. The van der Waals surface area contributed by atoms with Crippen molar-refractivity contribution in [2.24, 2.45) is 0 Å². The van der Waals surface area contributed by atoms with Gasteiger partial charge >= 0.3 is 0 Å². The van der Waals surface area contributed by atoms with E-state index >= 15 is 0 Å². The van der Waals surface area contributed by atoms with Crippen molar-refractivity contribution < 1.29 is 8.83 Å². The second-order valence-corrected chi connectivity index (χ2v) is 13.9. The molecule has 0 spiro atoms. The summed E-state index contributed by atoms with van der Waals surface area (Å²) in [6.45, 7) is 0. The van der Waals surface area contributed by atoms with Gasteiger partial charge in [-0.25, -0.2) is 19.9 Å². The summed E-state index contributed by atoms with van der Waals surface area (Å²) in [5, 5.41) is 4.33. The van der Waals surface area contributed by atoms with Crippen LogP contribution in [0.1, 0.15) is 0 Å². The first-order chi connectivity index (χ1) is 27.7. The van der Waals surface area contributed by atoms with Gasteiger partial charge in [0, 0.05) is 50.0 Å². The Labute approximate surface area is 321 Å². The first kappa shape index (κ1) is 31.8. The molecule has 4 heterocycles. The maximum Gasteiger partial charge on any atom is 0.160 e. The summed E-state index contributed by atoms with van der Waals surface area (Å²) in [7, 11) is 0. The Morgan fingerprint density at radius 2 is 0.804 bits per heavy atom. The number of aromatic nitrogens is 4. The van der Waals surface area contributed by atoms with E-state index in [0.717, 1.165) is 105 Å². The molecule has 0 saturated heterocycles. The number of para-hydroxylation sites is 2. The average molecular weight is 719 g/mol. The molecule has 0 saturated carbocycles. The predicted molar refractivity (Wildman–Crippen MR) is 225 cm³/mol. The minimum absolute atomic E-state index is 0.633. The van der Waals surface area contributed by atoms with E-state index < -0.39 is 0 Å². The lowest BCUT2D eigenvalue weighted by Crippen LogP contribution is -1.97. The van der Waals surface area contributed by atoms with E-state index in [1.807, 2.05) is 48.5 Å². The van der Waals surface area contributed by atoms with Gasteiger partial charge in [-0.1, -0.05) is 103 Å². The Morgan fingerprint density at radius 3 is 1.38 bits per heavy atom. The van der Waals surface area contributed by atoms with Crippen molar-refractivity contribution >= 4 is 43.9 Å². The van der Waals surface area contributed by atoms with Crippen molar-refractivity contribution in [3.8, 4) is 67.4 Å². The molecule has 0 N–H and O–H groups in total. The van der Waals surface area contributed by atoms with Crippen LogP contribution in [0.3, 0.4) is 0 Å². The molecule has 4 aromatic heterocycles. The topological polar surface area (TPSA) is 77.8 Å². The first-order valence-electron chi connectivity index (χ1n) is 18.5. The molecule has 11 aromatic rings. The molecule has 0 aliphatic heterocycles. The molecule has 6 nitrogen and oxygen atoms in total. The van der Waals surface area contributed by atoms with Gasteiger partial charge < -0.3 is 8.83 Å². The number of rotatable bonds is 6. The van der Waals surface area contributed by atoms with Gasteiger partial charge in [0.25, 0.3) is 0 Å². The number of benzene rings is 7. The summed E-state index contributed by atoms with van der Waals surface area (Å²) in [4.78, 5) is 19.0. The van der Waals surface area contributed by atoms with E-state index in [-0.39, 0.29) is 0 Å². The van der Waals surface area contributed by atoms with Crippen LogP contribution >= 0.6 is 0 Å². The van der Waals surface area contributed by atoms with Crippen LogP contribution in [0.4, 0.5) is 0 Å². The van der Waals surface area contributed by atoms with E-state index in [2.05, 4.69) is 131 Å². The Bertz CT molecular complexity index is 3110. The molecule has 0 unspecified atom stereocenters. The second-order valence-electron chi connectivity index (χ2n) is 13.9. The van der Waals surface area contributed by atoms with Gasteiger partial charge in [0.2, 0.25) is 0 Å². The number of hydrogen-bond acceptors (Lipinski definition) is 6. The van der Waals surface area contributed by atoms with Crippen LogP contribution in [0.5, 0.6) is 0 Å². The predicted octanol–water partition coefficient (Wildman–Crippen LogP) is 13.1. The van der Waals surface area contributed by atoms with Crippen LogP contribution in [-0.2, 0) is 0 Å². The monoisotopic (exact) mass is 718 g/mol. The zero-order valence-corrected chi connectivity index (χ0v) is 29.9. The number of fused-ring (bicyclic) bond motifs is 6. The van der Waals surface area contributed by atoms with E-state index in [9.17, 15) is 0 Å². The zero-order chi connectivity index (χ0) is 37.0. The molecule has 0 radical (unpaired) electrons. The normalized spacial score (nSPS) is 11.6. The summed E-state index contributed by atoms with van der Waals surface area (Å²) >= 11 is 0. The van der Waals surface area contributed by atoms with E-state index in [1.54, 1.807) is 12.5 Å². The van der Waals surface area contributed by atoms with Crippen molar-refractivity contribution in [2.75, 3.05) is 0 Å². The minimum Gasteiger partial charge on any atom is -0.456 e. The maximum atomic E-state index is 6.21. The fourth-order valence-electron chi connectivity index (χ4n) is 7.66. The Hall–Kier alpha value is -7.70. The molecule has 262 valence electrons. The van der Waals surface area contributed by atoms with Crippen molar-refractivity contribution in [3.05, 3.63) is 182 Å². The highest BCUT2D eigenvalue weighted by atomic mass is 16.3. The minimum atomic E-state index is 0.633. The van der Waals surface area contributed by atoms with E-state index in [1.165, 1.54) is 0 Å². The SMILES string of the molecule is c1ccc(-c2cc(-c3ccc(-c4ccncn4)cc3)nc(-c3cc(-c4ccc5oc6ccccc6c5c4)cc(-c4ccc5oc6ccccc6c5c4)c3)n2)cc1. The average Bonchev–Trinajstić information content (AvgIpc) is 3.84. The molecule has 0 atom stereocenters. The largest absolute Gasteiger partial charge is 0.456 e. The second kappa shape index (κ2) is 13.0. The summed E-state index contributed by atoms with van der Waals surface area (Å²) in [5.41, 5.74) is 14.2. The van der Waals surface area contributed by atoms with Gasteiger partial charge in [-0.2, -0.15) is 0 Å². The lowest BCUT2D eigenvalue weighted by molar-refractivity contribution is 0.668. The van der Waals surface area contributed by atoms with Gasteiger partial charge in [0.05, 0.1) is 17.1 Å². The third-order valence-electron chi connectivity index (χ3n) is 10.5. The van der Waals surface area contributed by atoms with Gasteiger partial charge in [0.1, 0.15) is 28.7 Å². The molecule has 7 aromatic carbocycles. The van der Waals surface area contributed by atoms with Crippen molar-refractivity contribution in [2.45, 2.75) is 0 Å². The third kappa shape index (κ3) is 5.60. The van der Waals surface area contributed by atoms with E-state index in [0.29, 0.717) is 5.82 Å². The van der Waals surface area contributed by atoms with Crippen LogP contribution in [0.15, 0.2) is 191 Å². The quantitative estimate of drug-likeness (QED) is 0.170. The van der Waals surface area contributed by atoms with Crippen molar-refractivity contribution in [3.63, 3.8) is 0 Å². The lowest BCUT2D eigenvalue weighted by Gasteiger charge is -2.13. The first-order valence-corrected chi connectivity index (χ1v) is 18.5. The highest BCUT2D eigenvalue weighted by molar-refractivity contribution is 6.07. The molecule has 0 aliphatic rings. The maximum absolute atomic E-state index is 6.21. The zero-order valence-electron chi connectivity index (χ0n) is 29.9. The summed E-state index contributed by atoms with van der Waals surface area (Å²) in [6, 6.07) is 58.5. The third-order valence-corrected chi connectivity index (χ3v) is 10.5. The smallest absolute Gasteiger partial charge is 0.160 e. The molecule has 0 aliphatic carbocycles. The van der Waals surface area contributed by atoms with Crippen LogP contribution in [0, 0.1) is 0 Å². The summed E-state index contributed by atoms with van der Waals surface area (Å²) in [5.74, 6) is 0.633. The van der Waals surface area contributed by atoms with Gasteiger partial charge in [-0.15, -0.1) is 0 Å². The Kier molecular flexibility index (Phi) is 7.38. The highest BCUT2D eigenvalue weighted by Crippen LogP contribution is 2.39. The van der Waals surface area contributed by atoms with Gasteiger partial charge in [-0.3, -0.25) is 0 Å². The molecule has 11 rings (SSSR count). The van der Waals surface area contributed by atoms with Crippen LogP contribution in [0.2, 0.25) is 0 Å². The molecular weight excluding hydrogens is 689 g/mol. The fraction of sp³-hybridized carbons (Fsp3) is 0. The molecule has 0 fully saturated rings. The van der Waals surface area contributed by atoms with Crippen LogP contribution in [-0.4, -0.2) is 19.9 Å². The number of nitrogens with zero attached hydrogens (tertiary/aromatic N) is 4. The standard InChI is InChI=1S/C50H30N4O2/c1-2-8-31(9-3-1)44-29-45(33-16-14-32(15-17-33)43-22-23-51-30-52-43)54-50(53-44)38-25-36(34-18-20-48-41(27-34)39-10-4-6-12-46(39)55-48)24-37(26-38)35-19-21-49-42(28-35)40-11-5-7-13-47(40)56-49/h1-30H. The van der Waals surface area contributed by atoms with Crippen molar-refractivity contribution in [1.82, 2.24) is 19.9 Å². The van der Waals surface area contributed by atoms with E-state index in [4.69, 9.17) is 18.8 Å². The fourth-order valence-corrected chi connectivity index (χ4v) is 7.66. The van der Waals surface area contributed by atoms with Crippen molar-refractivity contribution in [1.29, 1.82) is 0 Å². The number of furan rings is 2. The Balaban J connectivity index is 1.11. The molecule has 6 heteroatoms. The van der Waals surface area contributed by atoms with Gasteiger partial charge in [0.15, 0.2) is 5.82 Å². The van der Waals surface area contributed by atoms with Crippen LogP contribution in [0.25, 0.3) is 111 Å². The van der Waals surface area contributed by atoms with Crippen LogP contribution < -0.4 is 0 Å². The highest BCUT2D eigenvalue weighted by Gasteiger charge is 2.16. The van der Waals surface area contributed by atoms with Gasteiger partial charge in [-0.05, 0) is 89.0 Å². The lowest BCUT2D eigenvalue weighted by atomic mass is 9.94. The molecule has 0 bridgehead atoms. The Morgan fingerprint density at radius 1 is 0.321 bits per heavy atom. The number of hydrogen-bond donors (Lipinski definition) is 0. The molecular formula is C50H30N4O2. The summed E-state index contributed by atoms with van der Waals surface area (Å²) < 4.78 is 12.4. The summed E-state index contributed by atoms with van der Waals surface area (Å²) in [6.07, 6.45) is 3.33. The molecule has 0 amide bonds.